The summed E-state index contributed by atoms with van der Waals surface area (Å²) in [5.74, 6) is -0.229. The molecule has 1 heterocycles. The highest BCUT2D eigenvalue weighted by atomic mass is 32.1. The van der Waals surface area contributed by atoms with Crippen molar-refractivity contribution in [2.45, 2.75) is 39.5 Å². The van der Waals surface area contributed by atoms with E-state index in [0.717, 1.165) is 23.1 Å². The predicted molar refractivity (Wildman–Crippen MR) is 86.1 cm³/mol. The van der Waals surface area contributed by atoms with E-state index in [0.29, 0.717) is 18.0 Å². The highest BCUT2D eigenvalue weighted by Crippen LogP contribution is 2.32. The summed E-state index contributed by atoms with van der Waals surface area (Å²) < 4.78 is 1.03. The van der Waals surface area contributed by atoms with E-state index in [2.05, 4.69) is 16.4 Å². The van der Waals surface area contributed by atoms with Gasteiger partial charge in [0.25, 0.3) is 0 Å². The number of para-hydroxylation sites is 1. The van der Waals surface area contributed by atoms with Crippen LogP contribution in [0.2, 0.25) is 0 Å². The molecule has 0 aliphatic heterocycles. The van der Waals surface area contributed by atoms with E-state index in [1.165, 1.54) is 11.3 Å². The Labute approximate surface area is 128 Å². The molecule has 0 atom stereocenters. The van der Waals surface area contributed by atoms with Gasteiger partial charge in [0, 0.05) is 0 Å². The predicted octanol–water partition coefficient (Wildman–Crippen LogP) is 4.34. The lowest BCUT2D eigenvalue weighted by atomic mass is 9.80. The van der Waals surface area contributed by atoms with Gasteiger partial charge >= 0.3 is 0 Å². The topological polar surface area (TPSA) is 65.8 Å². The second-order valence-electron chi connectivity index (χ2n) is 5.13. The van der Waals surface area contributed by atoms with Crippen molar-refractivity contribution in [2.24, 2.45) is 5.41 Å². The number of carbonyl (C=O) groups is 1. The molecule has 0 radical (unpaired) electrons. The first-order chi connectivity index (χ1) is 10.1. The minimum Gasteiger partial charge on any atom is -0.301 e. The average Bonchev–Trinajstić information content (AvgIpc) is 2.88. The molecule has 4 nitrogen and oxygen atoms in total. The van der Waals surface area contributed by atoms with Gasteiger partial charge in [-0.2, -0.15) is 5.26 Å². The van der Waals surface area contributed by atoms with Crippen molar-refractivity contribution in [1.29, 1.82) is 5.26 Å². The van der Waals surface area contributed by atoms with Crippen LogP contribution in [0.25, 0.3) is 10.2 Å². The van der Waals surface area contributed by atoms with Gasteiger partial charge in [0.05, 0.1) is 16.3 Å². The molecule has 1 aromatic heterocycles. The molecule has 0 aliphatic carbocycles. The number of nitrogens with one attached hydrogen (secondary N) is 1. The van der Waals surface area contributed by atoms with Crippen LogP contribution in [0.4, 0.5) is 5.13 Å². The number of hydrogen-bond acceptors (Lipinski definition) is 4. The molecule has 0 saturated carbocycles. The van der Waals surface area contributed by atoms with Crippen LogP contribution in [0.5, 0.6) is 0 Å². The number of aromatic nitrogens is 1. The number of nitrogens with zero attached hydrogens (tertiary/aromatic N) is 2. The molecular weight excluding hydrogens is 282 g/mol. The highest BCUT2D eigenvalue weighted by molar-refractivity contribution is 7.22. The first-order valence-corrected chi connectivity index (χ1v) is 8.05. The molecule has 110 valence electrons. The summed E-state index contributed by atoms with van der Waals surface area (Å²) in [6.07, 6.45) is 2.77. The van der Waals surface area contributed by atoms with E-state index in [1.54, 1.807) is 0 Å². The summed E-state index contributed by atoms with van der Waals surface area (Å²) in [6, 6.07) is 9.98. The lowest BCUT2D eigenvalue weighted by Gasteiger charge is -2.23. The van der Waals surface area contributed by atoms with Crippen LogP contribution in [-0.4, -0.2) is 10.9 Å². The fourth-order valence-corrected chi connectivity index (χ4v) is 3.37. The lowest BCUT2D eigenvalue weighted by Crippen LogP contribution is -2.35. The van der Waals surface area contributed by atoms with Crippen molar-refractivity contribution in [3.05, 3.63) is 24.3 Å². The highest BCUT2D eigenvalue weighted by Gasteiger charge is 2.37. The first kappa shape index (κ1) is 15.5. The van der Waals surface area contributed by atoms with Gasteiger partial charge in [-0.05, 0) is 25.0 Å². The van der Waals surface area contributed by atoms with Crippen LogP contribution < -0.4 is 5.32 Å². The van der Waals surface area contributed by atoms with E-state index in [1.807, 2.05) is 38.1 Å². The number of nitriles is 1. The monoisotopic (exact) mass is 301 g/mol. The molecule has 1 N–H and O–H groups in total. The maximum atomic E-state index is 12.6. The van der Waals surface area contributed by atoms with Crippen LogP contribution in [0, 0.1) is 16.7 Å². The summed E-state index contributed by atoms with van der Waals surface area (Å²) >= 11 is 1.44. The maximum absolute atomic E-state index is 12.6. The quantitative estimate of drug-likeness (QED) is 0.862. The van der Waals surface area contributed by atoms with Crippen molar-refractivity contribution in [2.75, 3.05) is 5.32 Å². The average molecular weight is 301 g/mol. The normalized spacial score (nSPS) is 11.3. The maximum Gasteiger partial charge on any atom is 0.246 e. The third-order valence-electron chi connectivity index (χ3n) is 3.52. The van der Waals surface area contributed by atoms with Crippen LogP contribution in [-0.2, 0) is 4.79 Å². The van der Waals surface area contributed by atoms with Gasteiger partial charge < -0.3 is 5.32 Å². The molecule has 21 heavy (non-hydrogen) atoms. The Kier molecular flexibility index (Phi) is 4.92. The number of hydrogen-bond donors (Lipinski definition) is 1. The molecule has 0 fully saturated rings. The van der Waals surface area contributed by atoms with Gasteiger partial charge in [0.2, 0.25) is 5.91 Å². The summed E-state index contributed by atoms with van der Waals surface area (Å²) in [5.41, 5.74) is -0.0761. The Morgan fingerprint density at radius 3 is 2.57 bits per heavy atom. The molecule has 0 saturated heterocycles. The molecule has 0 spiro atoms. The number of amides is 1. The molecule has 1 aromatic carbocycles. The molecule has 2 aromatic rings. The number of anilines is 1. The van der Waals surface area contributed by atoms with Gasteiger partial charge in [-0.15, -0.1) is 0 Å². The second kappa shape index (κ2) is 6.68. The molecule has 1 amide bonds. The third kappa shape index (κ3) is 3.22. The lowest BCUT2D eigenvalue weighted by molar-refractivity contribution is -0.123. The smallest absolute Gasteiger partial charge is 0.246 e. The number of benzene rings is 1. The van der Waals surface area contributed by atoms with Gasteiger partial charge in [0.1, 0.15) is 5.41 Å². The van der Waals surface area contributed by atoms with Crippen LogP contribution in [0.1, 0.15) is 39.5 Å². The summed E-state index contributed by atoms with van der Waals surface area (Å²) in [5, 5.41) is 12.9. The number of fused-ring (bicyclic) bond motifs is 1. The molecular formula is C16H19N3OS. The van der Waals surface area contributed by atoms with Gasteiger partial charge in [-0.25, -0.2) is 4.98 Å². The summed E-state index contributed by atoms with van der Waals surface area (Å²) in [4.78, 5) is 17.0. The number of rotatable bonds is 6. The van der Waals surface area contributed by atoms with Gasteiger partial charge in [-0.1, -0.05) is 50.2 Å². The Bertz CT molecular complexity index is 632. The van der Waals surface area contributed by atoms with Crippen molar-refractivity contribution < 1.29 is 4.79 Å². The minimum atomic E-state index is -0.943. The Morgan fingerprint density at radius 2 is 2.00 bits per heavy atom. The first-order valence-electron chi connectivity index (χ1n) is 7.23. The van der Waals surface area contributed by atoms with E-state index in [9.17, 15) is 10.1 Å². The fourth-order valence-electron chi connectivity index (χ4n) is 2.51. The third-order valence-corrected chi connectivity index (χ3v) is 4.47. The second-order valence-corrected chi connectivity index (χ2v) is 6.17. The largest absolute Gasteiger partial charge is 0.301 e. The molecule has 0 aliphatic rings. The molecule has 2 rings (SSSR count). The van der Waals surface area contributed by atoms with E-state index < -0.39 is 5.41 Å². The van der Waals surface area contributed by atoms with E-state index >= 15 is 0 Å². The standard InChI is InChI=1S/C16H19N3OS/c1-3-9-16(11-17,10-4-2)14(20)19-15-18-12-7-5-6-8-13(12)21-15/h5-8H,3-4,9-10H2,1-2H3,(H,18,19,20). The summed E-state index contributed by atoms with van der Waals surface area (Å²) in [6.45, 7) is 3.99. The Balaban J connectivity index is 2.23. The Morgan fingerprint density at radius 1 is 1.33 bits per heavy atom. The SMILES string of the molecule is CCCC(C#N)(CCC)C(=O)Nc1nc2ccccc2s1. The fraction of sp³-hybridized carbons (Fsp3) is 0.438. The molecule has 0 bridgehead atoms. The molecule has 0 unspecified atom stereocenters. The van der Waals surface area contributed by atoms with Crippen molar-refractivity contribution in [3.63, 3.8) is 0 Å². The van der Waals surface area contributed by atoms with Crippen molar-refractivity contribution in [1.82, 2.24) is 4.98 Å². The number of thiazole rings is 1. The number of carbonyl (C=O) groups excluding carboxylic acids is 1. The van der Waals surface area contributed by atoms with Crippen molar-refractivity contribution in [3.8, 4) is 6.07 Å². The van der Waals surface area contributed by atoms with E-state index in [-0.39, 0.29) is 5.91 Å². The van der Waals surface area contributed by atoms with Crippen LogP contribution in [0.3, 0.4) is 0 Å². The van der Waals surface area contributed by atoms with Crippen LogP contribution >= 0.6 is 11.3 Å². The molecule has 5 heteroatoms. The van der Waals surface area contributed by atoms with Crippen molar-refractivity contribution >= 4 is 32.6 Å². The van der Waals surface area contributed by atoms with Gasteiger partial charge in [0.15, 0.2) is 5.13 Å². The zero-order valence-corrected chi connectivity index (χ0v) is 13.2. The Hall–Kier alpha value is -1.93. The van der Waals surface area contributed by atoms with E-state index in [4.69, 9.17) is 0 Å². The van der Waals surface area contributed by atoms with Gasteiger partial charge in [-0.3, -0.25) is 4.79 Å². The zero-order chi connectivity index (χ0) is 15.3. The minimum absolute atomic E-state index is 0.229. The van der Waals surface area contributed by atoms with Crippen LogP contribution in [0.15, 0.2) is 24.3 Å². The summed E-state index contributed by atoms with van der Waals surface area (Å²) in [7, 11) is 0. The zero-order valence-electron chi connectivity index (χ0n) is 12.3.